The van der Waals surface area contributed by atoms with E-state index in [2.05, 4.69) is 13.2 Å². The molecule has 5 nitrogen and oxygen atoms in total. The van der Waals surface area contributed by atoms with Crippen LogP contribution < -0.4 is 9.47 Å². The highest BCUT2D eigenvalue weighted by Gasteiger charge is 2.46. The highest BCUT2D eigenvalue weighted by Crippen LogP contribution is 2.51. The minimum absolute atomic E-state index is 0.0936. The molecule has 1 atom stereocenters. The van der Waals surface area contributed by atoms with Crippen molar-refractivity contribution in [2.24, 2.45) is 0 Å². The van der Waals surface area contributed by atoms with Gasteiger partial charge in [0.1, 0.15) is 0 Å². The first-order chi connectivity index (χ1) is 15.4. The summed E-state index contributed by atoms with van der Waals surface area (Å²) in [6.45, 7) is 16.6. The lowest BCUT2D eigenvalue weighted by molar-refractivity contribution is -0.0501. The molecule has 2 aromatic rings. The van der Waals surface area contributed by atoms with Crippen molar-refractivity contribution in [2.45, 2.75) is 52.7 Å². The number of nitrogens with zero attached hydrogens (tertiary/aromatic N) is 1. The van der Waals surface area contributed by atoms with E-state index in [1.54, 1.807) is 12.1 Å². The quantitative estimate of drug-likeness (QED) is 0.562. The molecule has 0 aromatic heterocycles. The third kappa shape index (κ3) is 5.16. The lowest BCUT2D eigenvalue weighted by Crippen LogP contribution is -2.36. The van der Waals surface area contributed by atoms with Crippen LogP contribution in [0.3, 0.4) is 0 Å². The number of aromatic hydroxyl groups is 1. The molecule has 2 aliphatic rings. The molecule has 2 heterocycles. The fourth-order valence-electron chi connectivity index (χ4n) is 3.68. The monoisotopic (exact) mass is 437 g/mol. The van der Waals surface area contributed by atoms with Crippen molar-refractivity contribution in [1.29, 1.82) is 0 Å². The van der Waals surface area contributed by atoms with Crippen molar-refractivity contribution in [1.82, 2.24) is 4.90 Å². The van der Waals surface area contributed by atoms with Gasteiger partial charge in [0.25, 0.3) is 5.91 Å². The number of hydrogen-bond donors (Lipinski definition) is 1. The second kappa shape index (κ2) is 11.4. The van der Waals surface area contributed by atoms with Crippen LogP contribution in [0.2, 0.25) is 0 Å². The van der Waals surface area contributed by atoms with Gasteiger partial charge in [-0.2, -0.15) is 0 Å². The average Bonchev–Trinajstić information content (AvgIpc) is 3.23. The zero-order chi connectivity index (χ0) is 23.7. The number of piperidine rings is 1. The van der Waals surface area contributed by atoms with Gasteiger partial charge in [0.05, 0.1) is 0 Å². The number of hydrogen-bond acceptors (Lipinski definition) is 4. The van der Waals surface area contributed by atoms with E-state index >= 15 is 0 Å². The van der Waals surface area contributed by atoms with Gasteiger partial charge in [-0.1, -0.05) is 56.8 Å². The van der Waals surface area contributed by atoms with E-state index in [4.69, 9.17) is 9.47 Å². The van der Waals surface area contributed by atoms with Gasteiger partial charge in [-0.05, 0) is 45.2 Å². The summed E-state index contributed by atoms with van der Waals surface area (Å²) in [5, 5.41) is 10.5. The molecule has 172 valence electrons. The number of rotatable bonds is 3. The Balaban J connectivity index is 0.000000671. The van der Waals surface area contributed by atoms with Crippen molar-refractivity contribution in [3.63, 3.8) is 0 Å². The van der Waals surface area contributed by atoms with Crippen LogP contribution in [-0.2, 0) is 5.79 Å². The molecule has 0 spiro atoms. The molecule has 1 amide bonds. The van der Waals surface area contributed by atoms with Crippen molar-refractivity contribution in [2.75, 3.05) is 13.1 Å². The van der Waals surface area contributed by atoms with Gasteiger partial charge in [0.15, 0.2) is 11.5 Å². The number of likely N-dealkylation sites (tertiary alicyclic amines) is 1. The summed E-state index contributed by atoms with van der Waals surface area (Å²) in [5.74, 6) is -0.830. The van der Waals surface area contributed by atoms with Crippen LogP contribution in [0.5, 0.6) is 17.2 Å². The van der Waals surface area contributed by atoms with Crippen LogP contribution in [0.25, 0.3) is 0 Å². The Morgan fingerprint density at radius 2 is 1.69 bits per heavy atom. The predicted molar refractivity (Wildman–Crippen MR) is 129 cm³/mol. The largest absolute Gasteiger partial charge is 0.504 e. The van der Waals surface area contributed by atoms with E-state index in [0.29, 0.717) is 16.9 Å². The Bertz CT molecular complexity index is 932. The number of allylic oxidation sites excluding steroid dienone is 1. The van der Waals surface area contributed by atoms with Gasteiger partial charge in [0.2, 0.25) is 5.75 Å². The van der Waals surface area contributed by atoms with Crippen molar-refractivity contribution in [3.05, 3.63) is 78.4 Å². The molecule has 0 radical (unpaired) electrons. The molecule has 1 N–H and O–H groups in total. The Hall–Kier alpha value is -3.21. The van der Waals surface area contributed by atoms with E-state index in [1.165, 1.54) is 6.07 Å². The van der Waals surface area contributed by atoms with Crippen LogP contribution in [-0.4, -0.2) is 29.0 Å². The molecule has 4 rings (SSSR count). The van der Waals surface area contributed by atoms with E-state index in [0.717, 1.165) is 37.9 Å². The van der Waals surface area contributed by atoms with Crippen LogP contribution >= 0.6 is 0 Å². The number of benzene rings is 2. The molecular weight excluding hydrogens is 402 g/mol. The molecule has 2 aliphatic heterocycles. The lowest BCUT2D eigenvalue weighted by Gasteiger charge is -2.28. The first kappa shape index (κ1) is 25.1. The fourth-order valence-corrected chi connectivity index (χ4v) is 3.68. The average molecular weight is 438 g/mol. The molecule has 1 unspecified atom stereocenters. The van der Waals surface area contributed by atoms with E-state index in [1.807, 2.05) is 62.9 Å². The summed E-state index contributed by atoms with van der Waals surface area (Å²) in [6, 6.07) is 12.6. The SMILES string of the molecule is C=C(C)C1(c2ccccc2)Oc2cc(C(=O)N3CCCCC3)cc(O)c2O1.C=CC.CC. The summed E-state index contributed by atoms with van der Waals surface area (Å²) in [5.41, 5.74) is 1.83. The molecule has 32 heavy (non-hydrogen) atoms. The number of phenols is 1. The maximum absolute atomic E-state index is 12.8. The van der Waals surface area contributed by atoms with Gasteiger partial charge >= 0.3 is 5.79 Å². The second-order valence-electron chi connectivity index (χ2n) is 7.55. The number of carbonyl (C=O) groups is 1. The Kier molecular flexibility index (Phi) is 8.94. The highest BCUT2D eigenvalue weighted by molar-refractivity contribution is 5.95. The fraction of sp³-hybridized carbons (Fsp3) is 0.370. The van der Waals surface area contributed by atoms with E-state index in [9.17, 15) is 9.90 Å². The Morgan fingerprint density at radius 1 is 1.09 bits per heavy atom. The van der Waals surface area contributed by atoms with E-state index in [-0.39, 0.29) is 17.4 Å². The Morgan fingerprint density at radius 3 is 2.25 bits per heavy atom. The minimum Gasteiger partial charge on any atom is -0.504 e. The van der Waals surface area contributed by atoms with Crippen molar-refractivity contribution >= 4 is 5.91 Å². The minimum atomic E-state index is -1.21. The van der Waals surface area contributed by atoms with Gasteiger partial charge < -0.3 is 19.5 Å². The van der Waals surface area contributed by atoms with Crippen LogP contribution in [0.1, 0.15) is 62.9 Å². The van der Waals surface area contributed by atoms with Crippen LogP contribution in [0.4, 0.5) is 0 Å². The van der Waals surface area contributed by atoms with E-state index < -0.39 is 5.79 Å². The molecule has 0 aliphatic carbocycles. The summed E-state index contributed by atoms with van der Waals surface area (Å²) < 4.78 is 12.2. The number of phenolic OH excluding ortho intramolecular Hbond substituents is 1. The maximum Gasteiger partial charge on any atom is 0.301 e. The third-order valence-corrected chi connectivity index (χ3v) is 5.14. The maximum atomic E-state index is 12.8. The van der Waals surface area contributed by atoms with Crippen LogP contribution in [0, 0.1) is 0 Å². The summed E-state index contributed by atoms with van der Waals surface area (Å²) in [7, 11) is 0. The first-order valence-electron chi connectivity index (χ1n) is 11.3. The normalized spacial score (nSPS) is 18.4. The topological polar surface area (TPSA) is 59.0 Å². The zero-order valence-corrected chi connectivity index (χ0v) is 19.7. The molecule has 0 bridgehead atoms. The Labute approximate surface area is 192 Å². The number of ether oxygens (including phenoxy) is 2. The van der Waals surface area contributed by atoms with Gasteiger partial charge in [-0.3, -0.25) is 4.79 Å². The summed E-state index contributed by atoms with van der Waals surface area (Å²) in [6.07, 6.45) is 4.92. The standard InChI is InChI=1S/C22H23NO4.C3H6.C2H6/c1-15(2)22(17-9-5-3-6-10-17)26-19-14-16(13-18(24)20(19)27-22)21(25)23-11-7-4-8-12-23;1-3-2;1-2/h3,5-6,9-10,13-14,24H,1,4,7-8,11-12H2,2H3;3H,1H2,2H3;1-2H3. The number of fused-ring (bicyclic) bond motifs is 1. The highest BCUT2D eigenvalue weighted by atomic mass is 16.7. The smallest absolute Gasteiger partial charge is 0.301 e. The number of carbonyl (C=O) groups excluding carboxylic acids is 1. The predicted octanol–water partition coefficient (Wildman–Crippen LogP) is 6.44. The second-order valence-corrected chi connectivity index (χ2v) is 7.55. The summed E-state index contributed by atoms with van der Waals surface area (Å²) in [4.78, 5) is 14.6. The van der Waals surface area contributed by atoms with Gasteiger partial charge in [0, 0.05) is 29.8 Å². The molecule has 5 heteroatoms. The van der Waals surface area contributed by atoms with Crippen molar-refractivity contribution < 1.29 is 19.4 Å². The first-order valence-corrected chi connectivity index (χ1v) is 11.3. The molecule has 1 saturated heterocycles. The number of amides is 1. The van der Waals surface area contributed by atoms with Gasteiger partial charge in [-0.15, -0.1) is 6.58 Å². The zero-order valence-electron chi connectivity index (χ0n) is 19.7. The molecular formula is C27H35NO4. The van der Waals surface area contributed by atoms with Crippen molar-refractivity contribution in [3.8, 4) is 17.2 Å². The summed E-state index contributed by atoms with van der Waals surface area (Å²) >= 11 is 0. The molecule has 2 aromatic carbocycles. The third-order valence-electron chi connectivity index (χ3n) is 5.14. The molecule has 0 saturated carbocycles. The van der Waals surface area contributed by atoms with Gasteiger partial charge in [-0.25, -0.2) is 0 Å². The van der Waals surface area contributed by atoms with Crippen LogP contribution in [0.15, 0.2) is 67.3 Å². The molecule has 1 fully saturated rings. The lowest BCUT2D eigenvalue weighted by atomic mass is 10.00.